The number of benzene rings is 3. The van der Waals surface area contributed by atoms with Crippen LogP contribution < -0.4 is 10.2 Å². The van der Waals surface area contributed by atoms with E-state index in [1.54, 1.807) is 0 Å². The van der Waals surface area contributed by atoms with Gasteiger partial charge in [0.25, 0.3) is 11.8 Å². The molecule has 0 atom stereocenters. The van der Waals surface area contributed by atoms with Crippen LogP contribution in [0.2, 0.25) is 0 Å². The largest absolute Gasteiger partial charge is 0.335 e. The van der Waals surface area contributed by atoms with Crippen LogP contribution >= 0.6 is 0 Å². The molecule has 7 heteroatoms. The van der Waals surface area contributed by atoms with Crippen LogP contribution in [0, 0.1) is 19.7 Å². The summed E-state index contributed by atoms with van der Waals surface area (Å²) in [4.78, 5) is 39.0. The number of carbonyl (C=O) groups is 3. The van der Waals surface area contributed by atoms with Crippen LogP contribution in [0.3, 0.4) is 0 Å². The molecule has 1 fully saturated rings. The Morgan fingerprint density at radius 2 is 1.59 bits per heavy atom. The molecule has 1 aliphatic heterocycles. The summed E-state index contributed by atoms with van der Waals surface area (Å²) in [6.07, 6.45) is 1.49. The van der Waals surface area contributed by atoms with Crippen molar-refractivity contribution in [2.75, 3.05) is 4.90 Å². The molecule has 0 unspecified atom stereocenters. The molecule has 1 N–H and O–H groups in total. The average Bonchev–Trinajstić information content (AvgIpc) is 3.10. The topological polar surface area (TPSA) is 71.4 Å². The lowest BCUT2D eigenvalue weighted by Crippen LogP contribution is -2.54. The highest BCUT2D eigenvalue weighted by Gasteiger charge is 2.37. The van der Waals surface area contributed by atoms with Crippen molar-refractivity contribution in [1.82, 2.24) is 9.88 Å². The van der Waals surface area contributed by atoms with E-state index in [-0.39, 0.29) is 11.3 Å². The van der Waals surface area contributed by atoms with Gasteiger partial charge in [0.1, 0.15) is 11.4 Å². The zero-order chi connectivity index (χ0) is 24.0. The van der Waals surface area contributed by atoms with E-state index in [1.165, 1.54) is 18.2 Å². The van der Waals surface area contributed by atoms with Gasteiger partial charge >= 0.3 is 6.03 Å². The molecule has 3 aromatic carbocycles. The van der Waals surface area contributed by atoms with Crippen LogP contribution in [0.25, 0.3) is 22.5 Å². The summed E-state index contributed by atoms with van der Waals surface area (Å²) in [5.41, 5.74) is 3.42. The number of aromatic nitrogens is 1. The smallest absolute Gasteiger partial charge is 0.317 e. The normalized spacial score (nSPS) is 15.3. The Balaban J connectivity index is 1.59. The summed E-state index contributed by atoms with van der Waals surface area (Å²) in [7, 11) is 0. The van der Waals surface area contributed by atoms with Gasteiger partial charge < -0.3 is 4.57 Å². The molecule has 1 aliphatic rings. The van der Waals surface area contributed by atoms with Crippen molar-refractivity contribution in [3.63, 3.8) is 0 Å². The second-order valence-corrected chi connectivity index (χ2v) is 8.09. The maximum absolute atomic E-state index is 13.3. The minimum absolute atomic E-state index is 0.170. The van der Waals surface area contributed by atoms with Crippen LogP contribution in [0.4, 0.5) is 14.9 Å². The molecular weight excluding hydrogens is 433 g/mol. The lowest BCUT2D eigenvalue weighted by Gasteiger charge is -2.26. The molecule has 6 nitrogen and oxygen atoms in total. The maximum atomic E-state index is 13.3. The van der Waals surface area contributed by atoms with Gasteiger partial charge in [-0.3, -0.25) is 14.9 Å². The zero-order valence-electron chi connectivity index (χ0n) is 18.5. The van der Waals surface area contributed by atoms with E-state index in [9.17, 15) is 18.8 Å². The van der Waals surface area contributed by atoms with Crippen LogP contribution in [0.1, 0.15) is 17.0 Å². The molecule has 0 bridgehead atoms. The molecule has 0 spiro atoms. The third-order valence-corrected chi connectivity index (χ3v) is 5.96. The Kier molecular flexibility index (Phi) is 5.09. The molecule has 0 aliphatic carbocycles. The third kappa shape index (κ3) is 3.47. The van der Waals surface area contributed by atoms with E-state index in [1.807, 2.05) is 62.4 Å². The molecule has 4 aromatic rings. The number of urea groups is 1. The zero-order valence-corrected chi connectivity index (χ0v) is 18.5. The summed E-state index contributed by atoms with van der Waals surface area (Å²) in [6.45, 7) is 3.86. The monoisotopic (exact) mass is 453 g/mol. The van der Waals surface area contributed by atoms with Crippen LogP contribution in [0.5, 0.6) is 0 Å². The molecule has 168 valence electrons. The molecule has 1 aromatic heterocycles. The van der Waals surface area contributed by atoms with Crippen LogP contribution in [-0.4, -0.2) is 22.4 Å². The highest BCUT2D eigenvalue weighted by molar-refractivity contribution is 6.39. The number of fused-ring (bicyclic) bond motifs is 1. The van der Waals surface area contributed by atoms with Gasteiger partial charge in [0.15, 0.2) is 0 Å². The SMILES string of the molecule is Cc1cc(C=C2C(=O)NC(=O)N(c3ccc(F)cc3)C2=O)c(C)n1-c1cccc2ccccc12. The van der Waals surface area contributed by atoms with Gasteiger partial charge in [-0.15, -0.1) is 0 Å². The molecule has 0 radical (unpaired) electrons. The van der Waals surface area contributed by atoms with Gasteiger partial charge in [0.2, 0.25) is 0 Å². The first-order valence-corrected chi connectivity index (χ1v) is 10.7. The van der Waals surface area contributed by atoms with E-state index in [0.717, 1.165) is 44.9 Å². The number of carbonyl (C=O) groups excluding carboxylic acids is 3. The minimum atomic E-state index is -0.875. The minimum Gasteiger partial charge on any atom is -0.317 e. The van der Waals surface area contributed by atoms with Crippen molar-refractivity contribution in [3.8, 4) is 5.69 Å². The van der Waals surface area contributed by atoms with Crippen LogP contribution in [-0.2, 0) is 9.59 Å². The number of amides is 4. The quantitative estimate of drug-likeness (QED) is 0.348. The first-order valence-electron chi connectivity index (χ1n) is 10.7. The summed E-state index contributed by atoms with van der Waals surface area (Å²) in [5, 5.41) is 4.37. The number of nitrogens with one attached hydrogen (secondary N) is 1. The number of hydrogen-bond acceptors (Lipinski definition) is 3. The fourth-order valence-electron chi connectivity index (χ4n) is 4.35. The summed E-state index contributed by atoms with van der Waals surface area (Å²) in [6, 6.07) is 20.0. The fourth-order valence-corrected chi connectivity index (χ4v) is 4.35. The standard InChI is InChI=1S/C27H20FN3O3/c1-16-14-19(17(2)30(16)24-9-5-7-18-6-3-4-8-22(18)24)15-23-25(32)29-27(34)31(26(23)33)21-12-10-20(28)11-13-21/h3-15H,1-2H3,(H,29,32,34). The van der Waals surface area contributed by atoms with E-state index in [0.29, 0.717) is 5.56 Å². The molecule has 34 heavy (non-hydrogen) atoms. The summed E-state index contributed by atoms with van der Waals surface area (Å²) < 4.78 is 15.4. The lowest BCUT2D eigenvalue weighted by atomic mass is 10.1. The van der Waals surface area contributed by atoms with E-state index < -0.39 is 23.7 Å². The van der Waals surface area contributed by atoms with Crippen molar-refractivity contribution >= 4 is 40.4 Å². The highest BCUT2D eigenvalue weighted by atomic mass is 19.1. The second kappa shape index (κ2) is 8.12. The third-order valence-electron chi connectivity index (χ3n) is 5.96. The Bertz CT molecular complexity index is 1510. The summed E-state index contributed by atoms with van der Waals surface area (Å²) >= 11 is 0. The predicted octanol–water partition coefficient (Wildman–Crippen LogP) is 5.05. The lowest BCUT2D eigenvalue weighted by molar-refractivity contribution is -0.122. The van der Waals surface area contributed by atoms with Gasteiger partial charge in [-0.25, -0.2) is 14.1 Å². The molecule has 5 rings (SSSR count). The van der Waals surface area contributed by atoms with Gasteiger partial charge in [-0.2, -0.15) is 0 Å². The number of rotatable bonds is 3. The summed E-state index contributed by atoms with van der Waals surface area (Å²) in [5.74, 6) is -2.04. The number of hydrogen-bond donors (Lipinski definition) is 1. The highest BCUT2D eigenvalue weighted by Crippen LogP contribution is 2.29. The fraction of sp³-hybridized carbons (Fsp3) is 0.0741. The number of nitrogens with zero attached hydrogens (tertiary/aromatic N) is 2. The van der Waals surface area contributed by atoms with E-state index in [2.05, 4.69) is 9.88 Å². The Morgan fingerprint density at radius 1 is 0.882 bits per heavy atom. The Morgan fingerprint density at radius 3 is 2.35 bits per heavy atom. The van der Waals surface area contributed by atoms with Crippen molar-refractivity contribution < 1.29 is 18.8 Å². The Labute approximate surface area is 194 Å². The van der Waals surface area contributed by atoms with Crippen molar-refractivity contribution in [1.29, 1.82) is 0 Å². The van der Waals surface area contributed by atoms with Gasteiger partial charge in [-0.1, -0.05) is 36.4 Å². The number of halogens is 1. The van der Waals surface area contributed by atoms with Crippen molar-refractivity contribution in [3.05, 3.63) is 101 Å². The second-order valence-electron chi connectivity index (χ2n) is 8.09. The molecule has 2 heterocycles. The first kappa shape index (κ1) is 21.3. The first-order chi connectivity index (χ1) is 16.3. The van der Waals surface area contributed by atoms with Gasteiger partial charge in [0, 0.05) is 16.8 Å². The Hall–Kier alpha value is -4.52. The molecule has 4 amide bonds. The number of aryl methyl sites for hydroxylation is 1. The molecule has 1 saturated heterocycles. The van der Waals surface area contributed by atoms with Crippen LogP contribution in [0.15, 0.2) is 78.4 Å². The van der Waals surface area contributed by atoms with Gasteiger partial charge in [-0.05, 0) is 67.3 Å². The van der Waals surface area contributed by atoms with Crippen molar-refractivity contribution in [2.24, 2.45) is 0 Å². The molecule has 0 saturated carbocycles. The molecular formula is C27H20FN3O3. The van der Waals surface area contributed by atoms with Crippen molar-refractivity contribution in [2.45, 2.75) is 13.8 Å². The average molecular weight is 453 g/mol. The van der Waals surface area contributed by atoms with Gasteiger partial charge in [0.05, 0.1) is 11.4 Å². The van der Waals surface area contributed by atoms with E-state index >= 15 is 0 Å². The maximum Gasteiger partial charge on any atom is 0.335 e. The number of anilines is 1. The predicted molar refractivity (Wildman–Crippen MR) is 128 cm³/mol. The number of barbiturate groups is 1. The van der Waals surface area contributed by atoms with E-state index in [4.69, 9.17) is 0 Å². The number of imide groups is 2.